The van der Waals surface area contributed by atoms with Crippen LogP contribution in [0.25, 0.3) is 0 Å². The Bertz CT molecular complexity index is 475. The lowest BCUT2D eigenvalue weighted by atomic mass is 9.90. The minimum absolute atomic E-state index is 0.0909. The Labute approximate surface area is 115 Å². The molecule has 1 heterocycles. The number of ether oxygens (including phenoxy) is 1. The van der Waals surface area contributed by atoms with E-state index in [1.165, 1.54) is 6.07 Å². The molecule has 104 valence electrons. The number of rotatable bonds is 4. The van der Waals surface area contributed by atoms with Gasteiger partial charge in [0.1, 0.15) is 5.69 Å². The van der Waals surface area contributed by atoms with E-state index in [1.54, 1.807) is 12.1 Å². The van der Waals surface area contributed by atoms with Gasteiger partial charge >= 0.3 is 0 Å². The summed E-state index contributed by atoms with van der Waals surface area (Å²) in [5, 5.41) is 24.0. The average molecular weight is 287 g/mol. The molecule has 1 aromatic carbocycles. The molecule has 0 bridgehead atoms. The van der Waals surface area contributed by atoms with Gasteiger partial charge in [-0.3, -0.25) is 10.1 Å². The normalized spacial score (nSPS) is 18.0. The molecule has 7 heteroatoms. The van der Waals surface area contributed by atoms with Gasteiger partial charge in [-0.25, -0.2) is 0 Å². The van der Waals surface area contributed by atoms with Crippen molar-refractivity contribution in [2.45, 2.75) is 18.4 Å². The Morgan fingerprint density at radius 1 is 1.47 bits per heavy atom. The Hall–Kier alpha value is -1.37. The first-order valence-corrected chi connectivity index (χ1v) is 6.35. The van der Waals surface area contributed by atoms with Crippen molar-refractivity contribution in [1.29, 1.82) is 0 Å². The van der Waals surface area contributed by atoms with Gasteiger partial charge in [0.25, 0.3) is 5.69 Å². The Kier molecular flexibility index (Phi) is 4.24. The lowest BCUT2D eigenvalue weighted by Crippen LogP contribution is -2.47. The van der Waals surface area contributed by atoms with Gasteiger partial charge in [-0.1, -0.05) is 11.6 Å². The first-order valence-electron chi connectivity index (χ1n) is 5.97. The molecule has 1 aliphatic heterocycles. The zero-order chi connectivity index (χ0) is 13.9. The van der Waals surface area contributed by atoms with Crippen LogP contribution in [-0.4, -0.2) is 35.4 Å². The van der Waals surface area contributed by atoms with Gasteiger partial charge in [-0.15, -0.1) is 0 Å². The second-order valence-electron chi connectivity index (χ2n) is 4.59. The SMILES string of the molecule is O=[N+]([O-])c1cc(Cl)ccc1NC1(CO)CCOCC1. The standard InChI is InChI=1S/C12H15ClN2O4/c13-9-1-2-10(11(7-9)15(17)18)14-12(8-16)3-5-19-6-4-12/h1-2,7,14,16H,3-6,8H2. The summed E-state index contributed by atoms with van der Waals surface area (Å²) in [4.78, 5) is 10.5. The molecule has 2 N–H and O–H groups in total. The van der Waals surface area contributed by atoms with Crippen LogP contribution in [0, 0.1) is 10.1 Å². The van der Waals surface area contributed by atoms with Crippen LogP contribution < -0.4 is 5.32 Å². The molecule has 0 atom stereocenters. The fraction of sp³-hybridized carbons (Fsp3) is 0.500. The van der Waals surface area contributed by atoms with Crippen molar-refractivity contribution < 1.29 is 14.8 Å². The lowest BCUT2D eigenvalue weighted by Gasteiger charge is -2.37. The highest BCUT2D eigenvalue weighted by molar-refractivity contribution is 6.30. The molecule has 1 aromatic rings. The molecule has 0 unspecified atom stereocenters. The van der Waals surface area contributed by atoms with Crippen LogP contribution in [-0.2, 0) is 4.74 Å². The van der Waals surface area contributed by atoms with E-state index in [9.17, 15) is 15.2 Å². The van der Waals surface area contributed by atoms with Gasteiger partial charge in [-0.05, 0) is 25.0 Å². The fourth-order valence-electron chi connectivity index (χ4n) is 2.13. The van der Waals surface area contributed by atoms with Crippen molar-refractivity contribution in [1.82, 2.24) is 0 Å². The average Bonchev–Trinajstić information content (AvgIpc) is 2.42. The van der Waals surface area contributed by atoms with Crippen LogP contribution in [0.15, 0.2) is 18.2 Å². The predicted octanol–water partition coefficient (Wildman–Crippen LogP) is 2.20. The van der Waals surface area contributed by atoms with Gasteiger partial charge in [0.15, 0.2) is 0 Å². The van der Waals surface area contributed by atoms with E-state index < -0.39 is 10.5 Å². The van der Waals surface area contributed by atoms with E-state index in [0.29, 0.717) is 36.8 Å². The van der Waals surface area contributed by atoms with Gasteiger partial charge in [-0.2, -0.15) is 0 Å². The highest BCUT2D eigenvalue weighted by Crippen LogP contribution is 2.33. The number of benzene rings is 1. The Morgan fingerprint density at radius 2 is 2.16 bits per heavy atom. The molecule has 1 saturated heterocycles. The molecular weight excluding hydrogens is 272 g/mol. The topological polar surface area (TPSA) is 84.6 Å². The molecule has 0 amide bonds. The summed E-state index contributed by atoms with van der Waals surface area (Å²) in [7, 11) is 0. The second kappa shape index (κ2) is 5.73. The first-order chi connectivity index (χ1) is 9.06. The van der Waals surface area contributed by atoms with Crippen molar-refractivity contribution in [3.63, 3.8) is 0 Å². The maximum absolute atomic E-state index is 11.0. The summed E-state index contributed by atoms with van der Waals surface area (Å²) in [5.74, 6) is 0. The third-order valence-corrected chi connectivity index (χ3v) is 3.54. The number of hydrogen-bond acceptors (Lipinski definition) is 5. The number of halogens is 1. The van der Waals surface area contributed by atoms with E-state index >= 15 is 0 Å². The number of hydrogen-bond donors (Lipinski definition) is 2. The summed E-state index contributed by atoms with van der Waals surface area (Å²) in [6.45, 7) is 0.944. The van der Waals surface area contributed by atoms with Crippen LogP contribution >= 0.6 is 11.6 Å². The van der Waals surface area contributed by atoms with Crippen LogP contribution in [0.2, 0.25) is 5.02 Å². The van der Waals surface area contributed by atoms with E-state index in [-0.39, 0.29) is 12.3 Å². The first kappa shape index (κ1) is 14.0. The van der Waals surface area contributed by atoms with E-state index in [4.69, 9.17) is 16.3 Å². The van der Waals surface area contributed by atoms with E-state index in [1.807, 2.05) is 0 Å². The molecule has 0 spiro atoms. The third kappa shape index (κ3) is 3.15. The molecule has 0 aromatic heterocycles. The van der Waals surface area contributed by atoms with Crippen molar-refractivity contribution in [2.24, 2.45) is 0 Å². The number of nitrogens with one attached hydrogen (secondary N) is 1. The molecule has 0 saturated carbocycles. The van der Waals surface area contributed by atoms with Crippen molar-refractivity contribution in [3.05, 3.63) is 33.3 Å². The minimum atomic E-state index is -0.573. The number of nitrogens with zero attached hydrogens (tertiary/aromatic N) is 1. The maximum atomic E-state index is 11.0. The number of aliphatic hydroxyl groups excluding tert-OH is 1. The molecule has 2 rings (SSSR count). The summed E-state index contributed by atoms with van der Waals surface area (Å²) in [6, 6.07) is 4.45. The Balaban J connectivity index is 2.28. The van der Waals surface area contributed by atoms with Gasteiger partial charge < -0.3 is 15.2 Å². The Morgan fingerprint density at radius 3 is 2.74 bits per heavy atom. The second-order valence-corrected chi connectivity index (χ2v) is 5.03. The van der Waals surface area contributed by atoms with Crippen LogP contribution in [0.1, 0.15) is 12.8 Å². The van der Waals surface area contributed by atoms with Gasteiger partial charge in [0, 0.05) is 24.3 Å². The predicted molar refractivity (Wildman–Crippen MR) is 71.6 cm³/mol. The third-order valence-electron chi connectivity index (χ3n) is 3.31. The molecule has 6 nitrogen and oxygen atoms in total. The van der Waals surface area contributed by atoms with Crippen molar-refractivity contribution in [2.75, 3.05) is 25.1 Å². The van der Waals surface area contributed by atoms with Crippen LogP contribution in [0.5, 0.6) is 0 Å². The zero-order valence-electron chi connectivity index (χ0n) is 10.3. The molecular formula is C12H15ClN2O4. The number of anilines is 1. The summed E-state index contributed by atoms with van der Waals surface area (Å²) < 4.78 is 5.25. The summed E-state index contributed by atoms with van der Waals surface area (Å²) >= 11 is 5.77. The summed E-state index contributed by atoms with van der Waals surface area (Å²) in [5.41, 5.74) is -0.297. The highest BCUT2D eigenvalue weighted by Gasteiger charge is 2.33. The molecule has 1 aliphatic rings. The van der Waals surface area contributed by atoms with Gasteiger partial charge in [0.05, 0.1) is 17.1 Å². The molecule has 19 heavy (non-hydrogen) atoms. The van der Waals surface area contributed by atoms with Crippen LogP contribution in [0.3, 0.4) is 0 Å². The highest BCUT2D eigenvalue weighted by atomic mass is 35.5. The number of nitro groups is 1. The maximum Gasteiger partial charge on any atom is 0.293 e. The monoisotopic (exact) mass is 286 g/mol. The lowest BCUT2D eigenvalue weighted by molar-refractivity contribution is -0.384. The smallest absolute Gasteiger partial charge is 0.293 e. The van der Waals surface area contributed by atoms with Gasteiger partial charge in [0.2, 0.25) is 0 Å². The fourth-order valence-corrected chi connectivity index (χ4v) is 2.30. The van der Waals surface area contributed by atoms with E-state index in [0.717, 1.165) is 0 Å². The number of aliphatic hydroxyl groups is 1. The summed E-state index contributed by atoms with van der Waals surface area (Å²) in [6.07, 6.45) is 1.20. The molecule has 1 fully saturated rings. The number of nitro benzene ring substituents is 1. The van der Waals surface area contributed by atoms with Crippen LogP contribution in [0.4, 0.5) is 11.4 Å². The van der Waals surface area contributed by atoms with E-state index in [2.05, 4.69) is 5.32 Å². The zero-order valence-corrected chi connectivity index (χ0v) is 11.0. The minimum Gasteiger partial charge on any atom is -0.394 e. The molecule has 0 radical (unpaired) electrons. The van der Waals surface area contributed by atoms with Crippen molar-refractivity contribution >= 4 is 23.0 Å². The molecule has 0 aliphatic carbocycles. The largest absolute Gasteiger partial charge is 0.394 e. The van der Waals surface area contributed by atoms with Crippen molar-refractivity contribution in [3.8, 4) is 0 Å². The quantitative estimate of drug-likeness (QED) is 0.655.